The van der Waals surface area contributed by atoms with Gasteiger partial charge in [-0.15, -0.1) is 0 Å². The van der Waals surface area contributed by atoms with Crippen LogP contribution in [0.2, 0.25) is 0 Å². The molecule has 2 N–H and O–H groups in total. The van der Waals surface area contributed by atoms with Crippen molar-refractivity contribution in [1.29, 1.82) is 0 Å². The third-order valence-electron chi connectivity index (χ3n) is 4.10. The SMILES string of the molecule is C=CCOC(=O)C(C)(C)OC(=O)c1cc(-n2c(=O)cc(C(F)(F)F)n(N)c2=O)c(F)cc1I. The molecule has 0 aliphatic rings. The van der Waals surface area contributed by atoms with E-state index in [0.717, 1.165) is 12.1 Å². The largest absolute Gasteiger partial charge is 0.459 e. The molecule has 2 aromatic rings. The number of carbonyl (C=O) groups excluding carboxylic acids is 2. The molecule has 0 aliphatic carbocycles. The summed E-state index contributed by atoms with van der Waals surface area (Å²) < 4.78 is 63.1. The summed E-state index contributed by atoms with van der Waals surface area (Å²) in [7, 11) is 0. The molecule has 0 spiro atoms. The van der Waals surface area contributed by atoms with Crippen LogP contribution in [0.25, 0.3) is 5.69 Å². The zero-order valence-corrected chi connectivity index (χ0v) is 19.2. The highest BCUT2D eigenvalue weighted by molar-refractivity contribution is 14.1. The van der Waals surface area contributed by atoms with Crippen molar-refractivity contribution in [1.82, 2.24) is 9.24 Å². The zero-order valence-electron chi connectivity index (χ0n) is 17.0. The Balaban J connectivity index is 2.59. The van der Waals surface area contributed by atoms with E-state index in [9.17, 15) is 36.7 Å². The Morgan fingerprint density at radius 1 is 1.21 bits per heavy atom. The molecule has 0 radical (unpaired) electrons. The van der Waals surface area contributed by atoms with Gasteiger partial charge in [0.15, 0.2) is 5.69 Å². The van der Waals surface area contributed by atoms with Crippen molar-refractivity contribution in [3.05, 3.63) is 72.3 Å². The Morgan fingerprint density at radius 2 is 1.82 bits per heavy atom. The minimum atomic E-state index is -5.13. The maximum Gasteiger partial charge on any atom is 0.433 e. The lowest BCUT2D eigenvalue weighted by atomic mass is 10.1. The number of halogens is 5. The van der Waals surface area contributed by atoms with E-state index in [2.05, 4.69) is 6.58 Å². The maximum atomic E-state index is 14.6. The fourth-order valence-corrected chi connectivity index (χ4v) is 3.15. The Kier molecular flexibility index (Phi) is 7.40. The second-order valence-corrected chi connectivity index (χ2v) is 8.09. The van der Waals surface area contributed by atoms with Crippen LogP contribution in [0.15, 0.2) is 40.4 Å². The second-order valence-electron chi connectivity index (χ2n) is 6.92. The van der Waals surface area contributed by atoms with Crippen LogP contribution in [0.3, 0.4) is 0 Å². The lowest BCUT2D eigenvalue weighted by molar-refractivity contribution is -0.161. The number of ether oxygens (including phenoxy) is 2. The van der Waals surface area contributed by atoms with E-state index in [1.165, 1.54) is 19.9 Å². The fraction of sp³-hybridized carbons (Fsp3) is 0.263. The van der Waals surface area contributed by atoms with Gasteiger partial charge in [-0.25, -0.2) is 28.0 Å². The summed E-state index contributed by atoms with van der Waals surface area (Å²) in [5, 5.41) is 0. The molecule has 33 heavy (non-hydrogen) atoms. The summed E-state index contributed by atoms with van der Waals surface area (Å²) in [6, 6.07) is 1.48. The van der Waals surface area contributed by atoms with Gasteiger partial charge in [0, 0.05) is 9.64 Å². The van der Waals surface area contributed by atoms with E-state index < -0.39 is 52.2 Å². The normalized spacial score (nSPS) is 11.7. The maximum absolute atomic E-state index is 14.6. The molecule has 1 aromatic carbocycles. The van der Waals surface area contributed by atoms with Gasteiger partial charge < -0.3 is 15.3 Å². The van der Waals surface area contributed by atoms with Crippen LogP contribution in [-0.2, 0) is 20.4 Å². The standard InChI is InChI=1S/C19H16F4IN3O6/c1-4-5-32-16(30)18(2,3)33-15(29)9-6-12(10(20)7-11(9)24)26-14(28)8-13(19(21,22)23)27(25)17(26)31/h4,6-8H,1,5,25H2,2-3H3. The summed E-state index contributed by atoms with van der Waals surface area (Å²) in [6.07, 6.45) is -3.84. The Bertz CT molecular complexity index is 1250. The van der Waals surface area contributed by atoms with Crippen molar-refractivity contribution in [3.8, 4) is 5.69 Å². The van der Waals surface area contributed by atoms with Crippen molar-refractivity contribution < 1.29 is 36.6 Å². The van der Waals surface area contributed by atoms with E-state index in [1.807, 2.05) is 0 Å². The van der Waals surface area contributed by atoms with Crippen LogP contribution in [0, 0.1) is 9.39 Å². The minimum Gasteiger partial charge on any atom is -0.459 e. The highest BCUT2D eigenvalue weighted by Gasteiger charge is 2.37. The van der Waals surface area contributed by atoms with Crippen molar-refractivity contribution in [2.75, 3.05) is 12.4 Å². The molecule has 0 amide bonds. The van der Waals surface area contributed by atoms with Gasteiger partial charge in [0.2, 0.25) is 5.60 Å². The van der Waals surface area contributed by atoms with E-state index in [1.54, 1.807) is 22.6 Å². The summed E-state index contributed by atoms with van der Waals surface area (Å²) in [5.41, 5.74) is -8.01. The fourth-order valence-electron chi connectivity index (χ4n) is 2.50. The summed E-state index contributed by atoms with van der Waals surface area (Å²) >= 11 is 1.55. The minimum absolute atomic E-state index is 0.00945. The number of nitrogens with zero attached hydrogens (tertiary/aromatic N) is 2. The number of benzene rings is 1. The number of rotatable bonds is 6. The average Bonchev–Trinajstić information content (AvgIpc) is 2.68. The molecule has 0 saturated heterocycles. The Morgan fingerprint density at radius 3 is 2.36 bits per heavy atom. The smallest absolute Gasteiger partial charge is 0.433 e. The summed E-state index contributed by atoms with van der Waals surface area (Å²) in [4.78, 5) is 49.3. The number of carbonyl (C=O) groups is 2. The van der Waals surface area contributed by atoms with Gasteiger partial charge in [0.05, 0.1) is 11.3 Å². The lowest BCUT2D eigenvalue weighted by Gasteiger charge is -2.23. The predicted molar refractivity (Wildman–Crippen MR) is 115 cm³/mol. The van der Waals surface area contributed by atoms with Gasteiger partial charge in [-0.3, -0.25) is 4.79 Å². The highest BCUT2D eigenvalue weighted by Crippen LogP contribution is 2.27. The van der Waals surface area contributed by atoms with Gasteiger partial charge in [-0.2, -0.15) is 13.2 Å². The van der Waals surface area contributed by atoms with E-state index in [-0.39, 0.29) is 31.1 Å². The number of esters is 2. The van der Waals surface area contributed by atoms with E-state index in [4.69, 9.17) is 15.3 Å². The monoisotopic (exact) mass is 585 g/mol. The molecule has 0 aliphatic heterocycles. The highest BCUT2D eigenvalue weighted by atomic mass is 127. The summed E-state index contributed by atoms with van der Waals surface area (Å²) in [5.74, 6) is 1.88. The molecular weight excluding hydrogens is 569 g/mol. The van der Waals surface area contributed by atoms with Crippen molar-refractivity contribution in [3.63, 3.8) is 0 Å². The van der Waals surface area contributed by atoms with Crippen molar-refractivity contribution in [2.24, 2.45) is 0 Å². The van der Waals surface area contributed by atoms with Crippen molar-refractivity contribution in [2.45, 2.75) is 25.6 Å². The number of hydrogen-bond donors (Lipinski definition) is 1. The second kappa shape index (κ2) is 9.36. The third-order valence-corrected chi connectivity index (χ3v) is 4.99. The molecule has 9 nitrogen and oxygen atoms in total. The average molecular weight is 585 g/mol. The first kappa shape index (κ1) is 26.1. The van der Waals surface area contributed by atoms with Gasteiger partial charge in [0.1, 0.15) is 12.4 Å². The molecule has 0 atom stereocenters. The number of nitrogen functional groups attached to an aromatic ring is 1. The summed E-state index contributed by atoms with van der Waals surface area (Å²) in [6.45, 7) is 5.67. The first-order chi connectivity index (χ1) is 15.1. The van der Waals surface area contributed by atoms with Gasteiger partial charge in [-0.1, -0.05) is 12.7 Å². The van der Waals surface area contributed by atoms with Gasteiger partial charge in [-0.05, 0) is 48.6 Å². The molecular formula is C19H16F4IN3O6. The van der Waals surface area contributed by atoms with E-state index >= 15 is 0 Å². The molecule has 0 unspecified atom stereocenters. The van der Waals surface area contributed by atoms with E-state index in [0.29, 0.717) is 0 Å². The number of alkyl halides is 3. The lowest BCUT2D eigenvalue weighted by Crippen LogP contribution is -2.45. The molecule has 1 heterocycles. The van der Waals surface area contributed by atoms with Crippen LogP contribution < -0.4 is 17.1 Å². The van der Waals surface area contributed by atoms with Gasteiger partial charge in [0.25, 0.3) is 5.56 Å². The molecule has 14 heteroatoms. The Labute approximate surface area is 196 Å². The number of aromatic nitrogens is 2. The molecule has 0 fully saturated rings. The zero-order chi connectivity index (χ0) is 25.3. The van der Waals surface area contributed by atoms with Crippen LogP contribution in [-0.4, -0.2) is 33.4 Å². The molecule has 0 saturated carbocycles. The van der Waals surface area contributed by atoms with Crippen molar-refractivity contribution >= 4 is 34.5 Å². The first-order valence-electron chi connectivity index (χ1n) is 8.84. The Hall–Kier alpha value is -3.17. The molecule has 2 rings (SSSR count). The predicted octanol–water partition coefficient (Wildman–Crippen LogP) is 2.14. The number of nitrogens with two attached hydrogens (primary N) is 1. The van der Waals surface area contributed by atoms with Gasteiger partial charge >= 0.3 is 23.8 Å². The number of hydrogen-bond acceptors (Lipinski definition) is 7. The third kappa shape index (κ3) is 5.43. The van der Waals surface area contributed by atoms with Crippen LogP contribution in [0.5, 0.6) is 0 Å². The molecule has 1 aromatic heterocycles. The quantitative estimate of drug-likeness (QED) is 0.181. The first-order valence-corrected chi connectivity index (χ1v) is 9.92. The molecule has 0 bridgehead atoms. The van der Waals surface area contributed by atoms with Crippen LogP contribution >= 0.6 is 22.6 Å². The van der Waals surface area contributed by atoms with Crippen LogP contribution in [0.4, 0.5) is 17.6 Å². The molecule has 178 valence electrons. The topological polar surface area (TPSA) is 123 Å². The van der Waals surface area contributed by atoms with Crippen LogP contribution in [0.1, 0.15) is 29.9 Å².